The third-order valence-electron chi connectivity index (χ3n) is 4.99. The number of hydrogen-bond donors (Lipinski definition) is 4. The number of nitrogens with zero attached hydrogens (tertiary/aromatic N) is 3. The van der Waals surface area contributed by atoms with Crippen LogP contribution in [0.15, 0.2) is 30.5 Å². The average molecular weight is 520 g/mol. The molecular weight excluding hydrogens is 489 g/mol. The fraction of sp³-hybridized carbons (Fsp3) is 0.391. The van der Waals surface area contributed by atoms with E-state index in [1.54, 1.807) is 25.3 Å². The highest BCUT2D eigenvalue weighted by Gasteiger charge is 2.25. The molecule has 0 spiro atoms. The fourth-order valence-corrected chi connectivity index (χ4v) is 3.80. The molecule has 0 radical (unpaired) electrons. The number of H-pyrrole nitrogens is 1. The summed E-state index contributed by atoms with van der Waals surface area (Å²) in [6.45, 7) is 7.99. The zero-order valence-corrected chi connectivity index (χ0v) is 21.7. The van der Waals surface area contributed by atoms with Crippen molar-refractivity contribution in [3.8, 4) is 22.6 Å². The van der Waals surface area contributed by atoms with Crippen LogP contribution in [0.1, 0.15) is 33.5 Å². The lowest BCUT2D eigenvalue weighted by molar-refractivity contribution is 0.168. The van der Waals surface area contributed by atoms with Crippen molar-refractivity contribution in [1.29, 1.82) is 0 Å². The lowest BCUT2D eigenvalue weighted by Crippen LogP contribution is -2.37. The van der Waals surface area contributed by atoms with E-state index in [9.17, 15) is 13.2 Å². The molecular formula is C23H30FN7O4S. The van der Waals surface area contributed by atoms with Crippen LogP contribution in [0.3, 0.4) is 0 Å². The summed E-state index contributed by atoms with van der Waals surface area (Å²) in [6.07, 6.45) is 1.95. The van der Waals surface area contributed by atoms with Gasteiger partial charge in [-0.3, -0.25) is 4.72 Å². The Bertz CT molecular complexity index is 1350. The molecule has 194 valence electrons. The molecule has 13 heteroatoms. The van der Waals surface area contributed by atoms with Gasteiger partial charge in [0, 0.05) is 29.8 Å². The largest absolute Gasteiger partial charge is 0.453 e. The highest BCUT2D eigenvalue weighted by molar-refractivity contribution is 7.92. The lowest BCUT2D eigenvalue weighted by atomic mass is 9.96. The topological polar surface area (TPSA) is 151 Å². The molecule has 0 aliphatic heterocycles. The summed E-state index contributed by atoms with van der Waals surface area (Å²) < 4.78 is 45.6. The molecule has 0 saturated heterocycles. The van der Waals surface area contributed by atoms with Gasteiger partial charge in [-0.1, -0.05) is 26.8 Å². The maximum Gasteiger partial charge on any atom is 0.407 e. The molecule has 36 heavy (non-hydrogen) atoms. The van der Waals surface area contributed by atoms with E-state index in [1.165, 1.54) is 19.2 Å². The first kappa shape index (κ1) is 26.9. The zero-order valence-electron chi connectivity index (χ0n) is 20.9. The molecule has 3 rings (SSSR count). The van der Waals surface area contributed by atoms with Crippen LogP contribution in [0, 0.1) is 5.82 Å². The number of aromatic nitrogens is 4. The van der Waals surface area contributed by atoms with Crippen LogP contribution in [0.5, 0.6) is 0 Å². The number of alkyl carbamates (subject to hydrolysis) is 1. The first-order valence-electron chi connectivity index (χ1n) is 11.1. The van der Waals surface area contributed by atoms with Crippen molar-refractivity contribution < 1.29 is 22.3 Å². The number of benzene rings is 1. The van der Waals surface area contributed by atoms with E-state index < -0.39 is 27.3 Å². The minimum absolute atomic E-state index is 0.106. The molecule has 1 atom stereocenters. The number of carbonyl (C=O) groups excluding carboxylic acids is 1. The van der Waals surface area contributed by atoms with Gasteiger partial charge in [-0.25, -0.2) is 32.6 Å². The van der Waals surface area contributed by atoms with Gasteiger partial charge in [-0.15, -0.1) is 0 Å². The number of anilines is 2. The van der Waals surface area contributed by atoms with Crippen molar-refractivity contribution in [2.75, 3.05) is 29.9 Å². The third-order valence-corrected chi connectivity index (χ3v) is 5.58. The maximum atomic E-state index is 15.4. The van der Waals surface area contributed by atoms with Gasteiger partial charge < -0.3 is 20.4 Å². The maximum absolute atomic E-state index is 15.4. The Labute approximate surface area is 209 Å². The number of halogens is 1. The summed E-state index contributed by atoms with van der Waals surface area (Å²) >= 11 is 0. The van der Waals surface area contributed by atoms with Crippen molar-refractivity contribution >= 4 is 27.8 Å². The van der Waals surface area contributed by atoms with Crippen LogP contribution in [0.25, 0.3) is 22.6 Å². The van der Waals surface area contributed by atoms with Gasteiger partial charge >= 0.3 is 6.09 Å². The predicted octanol–water partition coefficient (Wildman–Crippen LogP) is 3.50. The van der Waals surface area contributed by atoms with Gasteiger partial charge in [-0.2, -0.15) is 0 Å². The Morgan fingerprint density at radius 1 is 1.22 bits per heavy atom. The summed E-state index contributed by atoms with van der Waals surface area (Å²) in [7, 11) is -2.41. The SMILES string of the molecule is COC(=O)N[C@@H](C)CNc1nccc(-c2[nH]c(C(C)(C)C)nc2-c2cccc(NS(C)(=O)=O)c2F)n1. The van der Waals surface area contributed by atoms with Crippen LogP contribution < -0.4 is 15.4 Å². The van der Waals surface area contributed by atoms with E-state index >= 15 is 4.39 Å². The zero-order chi connectivity index (χ0) is 26.7. The van der Waals surface area contributed by atoms with Crippen molar-refractivity contribution in [1.82, 2.24) is 25.3 Å². The molecule has 4 N–H and O–H groups in total. The second kappa shape index (κ2) is 10.5. The number of methoxy groups -OCH3 is 1. The van der Waals surface area contributed by atoms with Crippen molar-refractivity contribution in [2.24, 2.45) is 0 Å². The fourth-order valence-electron chi connectivity index (χ4n) is 3.24. The van der Waals surface area contributed by atoms with Crippen LogP contribution in [-0.2, 0) is 20.2 Å². The number of nitrogens with one attached hydrogen (secondary N) is 4. The van der Waals surface area contributed by atoms with E-state index in [-0.39, 0.29) is 28.9 Å². The van der Waals surface area contributed by atoms with Gasteiger partial charge in [0.25, 0.3) is 0 Å². The molecule has 1 amide bonds. The number of carbonyl (C=O) groups is 1. The molecule has 2 heterocycles. The summed E-state index contributed by atoms with van der Waals surface area (Å²) in [5, 5.41) is 5.69. The second-order valence-electron chi connectivity index (χ2n) is 9.28. The minimum atomic E-state index is -3.69. The summed E-state index contributed by atoms with van der Waals surface area (Å²) in [5.74, 6) is 0.125. The number of imidazole rings is 1. The van der Waals surface area contributed by atoms with Crippen LogP contribution in [-0.4, -0.2) is 60.4 Å². The van der Waals surface area contributed by atoms with Crippen molar-refractivity contribution in [2.45, 2.75) is 39.2 Å². The molecule has 0 saturated carbocycles. The van der Waals surface area contributed by atoms with Crippen molar-refractivity contribution in [3.63, 3.8) is 0 Å². The quantitative estimate of drug-likeness (QED) is 0.353. The minimum Gasteiger partial charge on any atom is -0.453 e. The number of hydrogen-bond acceptors (Lipinski definition) is 8. The summed E-state index contributed by atoms with van der Waals surface area (Å²) in [6, 6.07) is 5.80. The standard InChI is InChI=1S/C23H30FN7O4S/c1-13(27-22(32)35-5)12-26-21-25-11-10-16(28-21)19-18(29-20(30-19)23(2,3)4)14-8-7-9-15(17(14)24)31-36(6,33)34/h7-11,13,31H,12H2,1-6H3,(H,27,32)(H,29,30)(H,25,26,28)/t13-/m0/s1. The first-order valence-corrected chi connectivity index (χ1v) is 13.0. The monoisotopic (exact) mass is 519 g/mol. The third kappa shape index (κ3) is 6.68. The van der Waals surface area contributed by atoms with Gasteiger partial charge in [0.15, 0.2) is 5.82 Å². The molecule has 0 aliphatic carbocycles. The first-order chi connectivity index (χ1) is 16.8. The van der Waals surface area contributed by atoms with Gasteiger partial charge in [0.05, 0.1) is 30.4 Å². The van der Waals surface area contributed by atoms with E-state index in [0.29, 0.717) is 23.8 Å². The van der Waals surface area contributed by atoms with Crippen molar-refractivity contribution in [3.05, 3.63) is 42.1 Å². The van der Waals surface area contributed by atoms with E-state index in [2.05, 4.69) is 40.0 Å². The van der Waals surface area contributed by atoms with Crippen LogP contribution in [0.4, 0.5) is 20.8 Å². The molecule has 0 aliphatic rings. The molecule has 0 bridgehead atoms. The second-order valence-corrected chi connectivity index (χ2v) is 11.0. The average Bonchev–Trinajstić information content (AvgIpc) is 3.24. The Hall–Kier alpha value is -3.74. The summed E-state index contributed by atoms with van der Waals surface area (Å²) in [4.78, 5) is 28.0. The smallest absolute Gasteiger partial charge is 0.407 e. The van der Waals surface area contributed by atoms with Crippen LogP contribution >= 0.6 is 0 Å². The number of rotatable bonds is 8. The summed E-state index contributed by atoms with van der Waals surface area (Å²) in [5.41, 5.74) is 0.698. The Morgan fingerprint density at radius 2 is 1.94 bits per heavy atom. The van der Waals surface area contributed by atoms with E-state index in [1.807, 2.05) is 20.8 Å². The number of amides is 1. The van der Waals surface area contributed by atoms with E-state index in [0.717, 1.165) is 6.26 Å². The number of sulfonamides is 1. The van der Waals surface area contributed by atoms with Crippen LogP contribution in [0.2, 0.25) is 0 Å². The molecule has 0 unspecified atom stereocenters. The number of ether oxygens (including phenoxy) is 1. The Kier molecular flexibility index (Phi) is 7.82. The van der Waals surface area contributed by atoms with Gasteiger partial charge in [0.1, 0.15) is 11.5 Å². The molecule has 2 aromatic heterocycles. The molecule has 0 fully saturated rings. The number of aromatic amines is 1. The van der Waals surface area contributed by atoms with Gasteiger partial charge in [0.2, 0.25) is 16.0 Å². The highest BCUT2D eigenvalue weighted by atomic mass is 32.2. The Morgan fingerprint density at radius 3 is 2.58 bits per heavy atom. The molecule has 11 nitrogen and oxygen atoms in total. The van der Waals surface area contributed by atoms with E-state index in [4.69, 9.17) is 0 Å². The normalized spacial score (nSPS) is 12.6. The molecule has 1 aromatic carbocycles. The lowest BCUT2D eigenvalue weighted by Gasteiger charge is -2.14. The predicted molar refractivity (Wildman–Crippen MR) is 136 cm³/mol. The Balaban J connectivity index is 2.02. The highest BCUT2D eigenvalue weighted by Crippen LogP contribution is 2.36. The molecule has 3 aromatic rings. The van der Waals surface area contributed by atoms with Gasteiger partial charge in [-0.05, 0) is 25.1 Å².